The van der Waals surface area contributed by atoms with Crippen LogP contribution >= 0.6 is 0 Å². The Morgan fingerprint density at radius 3 is 1.26 bits per heavy atom. The fourth-order valence-corrected chi connectivity index (χ4v) is 4.85. The third-order valence-electron chi connectivity index (χ3n) is 4.44. The smallest absolute Gasteiger partial charge is 0.214 e. The number of rotatable bonds is 2. The van der Waals surface area contributed by atoms with Crippen LogP contribution in [0.4, 0.5) is 0 Å². The van der Waals surface area contributed by atoms with Gasteiger partial charge in [-0.1, -0.05) is 12.1 Å². The molecule has 0 atom stereocenters. The maximum absolute atomic E-state index is 13.1. The van der Waals surface area contributed by atoms with E-state index in [-0.39, 0.29) is 21.3 Å². The lowest BCUT2D eigenvalue weighted by Gasteiger charge is -2.17. The molecule has 0 aliphatic heterocycles. The maximum atomic E-state index is 13.1. The van der Waals surface area contributed by atoms with Crippen LogP contribution in [0.1, 0.15) is 33.4 Å². The lowest BCUT2D eigenvalue weighted by Crippen LogP contribution is -2.09. The van der Waals surface area contributed by atoms with Crippen LogP contribution in [0.3, 0.4) is 0 Å². The Bertz CT molecular complexity index is 840. The van der Waals surface area contributed by atoms with Crippen LogP contribution in [-0.4, -0.2) is 18.6 Å². The first kappa shape index (κ1) is 17.3. The number of sulfone groups is 1. The highest BCUT2D eigenvalue weighted by Crippen LogP contribution is 2.41. The van der Waals surface area contributed by atoms with Gasteiger partial charge in [0.25, 0.3) is 0 Å². The van der Waals surface area contributed by atoms with E-state index in [1.165, 1.54) is 0 Å². The number of hydrogen-bond donors (Lipinski definition) is 2. The van der Waals surface area contributed by atoms with Gasteiger partial charge in [0.05, 0.1) is 0 Å². The average Bonchev–Trinajstić information content (AvgIpc) is 2.41. The van der Waals surface area contributed by atoms with E-state index in [2.05, 4.69) is 0 Å². The first-order chi connectivity index (χ1) is 10.5. The Hall–Kier alpha value is -2.01. The predicted octanol–water partition coefficient (Wildman–Crippen LogP) is 3.78. The minimum Gasteiger partial charge on any atom is -0.506 e. The summed E-state index contributed by atoms with van der Waals surface area (Å²) in [6, 6.07) is 3.46. The molecule has 0 bridgehead atoms. The molecule has 4 nitrogen and oxygen atoms in total. The molecule has 0 unspecified atom stereocenters. The quantitative estimate of drug-likeness (QED) is 0.876. The monoisotopic (exact) mass is 334 g/mol. The van der Waals surface area contributed by atoms with Gasteiger partial charge in [0.15, 0.2) is 0 Å². The summed E-state index contributed by atoms with van der Waals surface area (Å²) >= 11 is 0. The summed E-state index contributed by atoms with van der Waals surface area (Å²) in [6.45, 7) is 10.3. The van der Waals surface area contributed by atoms with Crippen molar-refractivity contribution in [2.24, 2.45) is 0 Å². The summed E-state index contributed by atoms with van der Waals surface area (Å²) in [5.41, 5.74) is 3.61. The number of aryl methyl sites for hydroxylation is 4. The minimum absolute atomic E-state index is 0.137. The fraction of sp³-hybridized carbons (Fsp3) is 0.333. The number of phenolic OH excluding ortho intramolecular Hbond substituents is 2. The van der Waals surface area contributed by atoms with E-state index >= 15 is 0 Å². The molecule has 2 N–H and O–H groups in total. The molecule has 0 amide bonds. The second-order valence-corrected chi connectivity index (χ2v) is 7.95. The summed E-state index contributed by atoms with van der Waals surface area (Å²) in [7, 11) is -4.04. The van der Waals surface area contributed by atoms with Gasteiger partial charge in [-0.25, -0.2) is 8.42 Å². The van der Waals surface area contributed by atoms with E-state index in [1.807, 2.05) is 13.8 Å². The van der Waals surface area contributed by atoms with Crippen molar-refractivity contribution in [3.05, 3.63) is 45.5 Å². The van der Waals surface area contributed by atoms with Crippen LogP contribution in [0.5, 0.6) is 11.5 Å². The van der Waals surface area contributed by atoms with Gasteiger partial charge in [0.2, 0.25) is 9.84 Å². The number of hydrogen-bond acceptors (Lipinski definition) is 4. The first-order valence-corrected chi connectivity index (χ1v) is 8.83. The van der Waals surface area contributed by atoms with Gasteiger partial charge >= 0.3 is 0 Å². The van der Waals surface area contributed by atoms with Crippen LogP contribution in [0.15, 0.2) is 21.9 Å². The zero-order valence-electron chi connectivity index (χ0n) is 14.3. The van der Waals surface area contributed by atoms with Gasteiger partial charge in [-0.05, 0) is 74.9 Å². The SMILES string of the molecule is Cc1cc(C)c(S(=O)(=O)c2c(C)cc(C)c(C)c2O)c(O)c1C. The van der Waals surface area contributed by atoms with Gasteiger partial charge < -0.3 is 10.2 Å². The van der Waals surface area contributed by atoms with Gasteiger partial charge in [0.1, 0.15) is 21.3 Å². The van der Waals surface area contributed by atoms with Crippen molar-refractivity contribution in [1.29, 1.82) is 0 Å². The third-order valence-corrected chi connectivity index (χ3v) is 6.55. The molecule has 124 valence electrons. The predicted molar refractivity (Wildman–Crippen MR) is 90.1 cm³/mol. The Morgan fingerprint density at radius 1 is 0.652 bits per heavy atom. The standard InChI is InChI=1S/C18H22O4S/c1-9-7-11(3)17(15(19)13(9)5)23(21,22)18-12(4)8-10(2)14(6)16(18)20/h7-8,19-20H,1-6H3. The highest BCUT2D eigenvalue weighted by molar-refractivity contribution is 7.91. The molecule has 0 heterocycles. The largest absolute Gasteiger partial charge is 0.506 e. The van der Waals surface area contributed by atoms with E-state index in [4.69, 9.17) is 0 Å². The van der Waals surface area contributed by atoms with Crippen molar-refractivity contribution in [3.63, 3.8) is 0 Å². The number of benzene rings is 2. The van der Waals surface area contributed by atoms with Gasteiger partial charge in [-0.15, -0.1) is 0 Å². The average molecular weight is 334 g/mol. The maximum Gasteiger partial charge on any atom is 0.214 e. The van der Waals surface area contributed by atoms with Gasteiger partial charge in [-0.3, -0.25) is 0 Å². The molecule has 0 saturated carbocycles. The number of phenols is 2. The number of aromatic hydroxyl groups is 2. The Kier molecular flexibility index (Phi) is 4.20. The molecule has 0 aromatic heterocycles. The van der Waals surface area contributed by atoms with E-state index in [9.17, 15) is 18.6 Å². The van der Waals surface area contributed by atoms with Gasteiger partial charge in [-0.2, -0.15) is 0 Å². The molecule has 2 aromatic carbocycles. The zero-order valence-corrected chi connectivity index (χ0v) is 15.1. The molecule has 0 saturated heterocycles. The molecule has 0 spiro atoms. The molecular formula is C18H22O4S. The van der Waals surface area contributed by atoms with Crippen molar-refractivity contribution >= 4 is 9.84 Å². The van der Waals surface area contributed by atoms with Crippen LogP contribution in [0, 0.1) is 41.5 Å². The van der Waals surface area contributed by atoms with Crippen molar-refractivity contribution in [3.8, 4) is 11.5 Å². The molecular weight excluding hydrogens is 312 g/mol. The Balaban J connectivity index is 2.91. The van der Waals surface area contributed by atoms with Crippen LogP contribution in [0.2, 0.25) is 0 Å². The molecule has 0 fully saturated rings. The van der Waals surface area contributed by atoms with E-state index in [0.29, 0.717) is 22.3 Å². The lowest BCUT2D eigenvalue weighted by molar-refractivity contribution is 0.446. The first-order valence-electron chi connectivity index (χ1n) is 7.34. The van der Waals surface area contributed by atoms with Crippen molar-refractivity contribution in [1.82, 2.24) is 0 Å². The fourth-order valence-electron chi connectivity index (χ4n) is 2.87. The van der Waals surface area contributed by atoms with E-state index in [0.717, 1.165) is 11.1 Å². The normalized spacial score (nSPS) is 11.7. The minimum atomic E-state index is -4.04. The molecule has 0 radical (unpaired) electrons. The molecule has 0 aliphatic carbocycles. The summed E-state index contributed by atoms with van der Waals surface area (Å²) in [4.78, 5) is -0.274. The second kappa shape index (κ2) is 5.57. The topological polar surface area (TPSA) is 74.6 Å². The van der Waals surface area contributed by atoms with Crippen LogP contribution in [0.25, 0.3) is 0 Å². The third kappa shape index (κ3) is 2.59. The summed E-state index contributed by atoms with van der Waals surface area (Å²) in [6.07, 6.45) is 0. The highest BCUT2D eigenvalue weighted by atomic mass is 32.2. The van der Waals surface area contributed by atoms with Crippen molar-refractivity contribution in [2.45, 2.75) is 51.3 Å². The van der Waals surface area contributed by atoms with Crippen LogP contribution in [-0.2, 0) is 9.84 Å². The highest BCUT2D eigenvalue weighted by Gasteiger charge is 2.30. The molecule has 2 aromatic rings. The van der Waals surface area contributed by atoms with E-state index < -0.39 is 9.84 Å². The summed E-state index contributed by atoms with van der Waals surface area (Å²) in [5, 5.41) is 20.8. The molecule has 0 aliphatic rings. The molecule has 23 heavy (non-hydrogen) atoms. The summed E-state index contributed by atoms with van der Waals surface area (Å²) < 4.78 is 26.2. The van der Waals surface area contributed by atoms with Crippen molar-refractivity contribution < 1.29 is 18.6 Å². The summed E-state index contributed by atoms with van der Waals surface area (Å²) in [5.74, 6) is -0.501. The van der Waals surface area contributed by atoms with Crippen molar-refractivity contribution in [2.75, 3.05) is 0 Å². The zero-order chi connectivity index (χ0) is 17.7. The lowest BCUT2D eigenvalue weighted by atomic mass is 10.1. The second-order valence-electron chi connectivity index (χ2n) is 6.13. The van der Waals surface area contributed by atoms with E-state index in [1.54, 1.807) is 39.8 Å². The van der Waals surface area contributed by atoms with Gasteiger partial charge in [0, 0.05) is 0 Å². The Morgan fingerprint density at radius 2 is 0.957 bits per heavy atom. The Labute approximate surface area is 137 Å². The van der Waals surface area contributed by atoms with Crippen LogP contribution < -0.4 is 0 Å². The molecule has 5 heteroatoms. The molecule has 2 rings (SSSR count).